The first kappa shape index (κ1) is 30.6. The van der Waals surface area contributed by atoms with Gasteiger partial charge in [-0.2, -0.15) is 0 Å². The molecule has 4 rings (SSSR count). The number of hydrogen-bond donors (Lipinski definition) is 2. The number of Topliss-reactive ketones (excluding diaryl/α,β-unsaturated/α-hetero) is 1. The maximum atomic E-state index is 14.1. The van der Waals surface area contributed by atoms with Crippen LogP contribution in [0, 0.1) is 5.92 Å². The highest BCUT2D eigenvalue weighted by atomic mass is 35.5. The average molecular weight is 601 g/mol. The standard InChI is InChI=1S/C31H28ClF3N2O5/c1-2-4-21(15-19-7-9-20(10-8-19)30(41)36-14-13-28(38)39)29(40)27-17-22-16-23(32)11-12-26(22)37(27)24-5-3-6-25(18-24)42-31(33,34)35/h3,5-12,16-18,21H,2,4,13-15H2,1H3,(H,36,41)(H,38,39). The highest BCUT2D eigenvalue weighted by Gasteiger charge is 2.31. The number of carboxylic acids is 1. The molecular formula is C31H28ClF3N2O5. The summed E-state index contributed by atoms with van der Waals surface area (Å²) >= 11 is 6.21. The number of ketones is 1. The molecule has 7 nitrogen and oxygen atoms in total. The van der Waals surface area contributed by atoms with Crippen LogP contribution >= 0.6 is 11.6 Å². The molecule has 0 aliphatic heterocycles. The summed E-state index contributed by atoms with van der Waals surface area (Å²) in [6.45, 7) is 1.96. The molecule has 1 amide bonds. The summed E-state index contributed by atoms with van der Waals surface area (Å²) in [4.78, 5) is 37.0. The normalized spacial score (nSPS) is 12.2. The molecule has 0 fully saturated rings. The zero-order valence-electron chi connectivity index (χ0n) is 22.6. The Morgan fingerprint density at radius 3 is 2.43 bits per heavy atom. The van der Waals surface area contributed by atoms with Crippen molar-refractivity contribution in [3.05, 3.63) is 94.6 Å². The van der Waals surface area contributed by atoms with E-state index >= 15 is 0 Å². The van der Waals surface area contributed by atoms with Gasteiger partial charge in [-0.05, 0) is 66.9 Å². The topological polar surface area (TPSA) is 97.6 Å². The third kappa shape index (κ3) is 7.70. The van der Waals surface area contributed by atoms with Crippen LogP contribution in [0.1, 0.15) is 52.6 Å². The molecule has 0 radical (unpaired) electrons. The number of carboxylic acid groups (broad SMARTS) is 1. The number of nitrogens with one attached hydrogen (secondary N) is 1. The Hall–Kier alpha value is -4.31. The van der Waals surface area contributed by atoms with Crippen LogP contribution in [0.15, 0.2) is 72.8 Å². The number of rotatable bonds is 12. The fourth-order valence-electron chi connectivity index (χ4n) is 4.81. The number of aromatic nitrogens is 1. The monoisotopic (exact) mass is 600 g/mol. The summed E-state index contributed by atoms with van der Waals surface area (Å²) in [5.74, 6) is -2.47. The fraction of sp³-hybridized carbons (Fsp3) is 0.258. The third-order valence-corrected chi connectivity index (χ3v) is 6.89. The molecule has 1 aromatic heterocycles. The highest BCUT2D eigenvalue weighted by molar-refractivity contribution is 6.31. The minimum absolute atomic E-state index is 0.00739. The third-order valence-electron chi connectivity index (χ3n) is 6.66. The van der Waals surface area contributed by atoms with Crippen molar-refractivity contribution in [1.29, 1.82) is 0 Å². The molecule has 42 heavy (non-hydrogen) atoms. The summed E-state index contributed by atoms with van der Waals surface area (Å²) in [7, 11) is 0. The van der Waals surface area contributed by atoms with E-state index in [4.69, 9.17) is 16.7 Å². The number of fused-ring (bicyclic) bond motifs is 1. The van der Waals surface area contributed by atoms with Crippen molar-refractivity contribution in [2.45, 2.75) is 39.0 Å². The molecule has 0 spiro atoms. The van der Waals surface area contributed by atoms with Crippen LogP contribution in [0.3, 0.4) is 0 Å². The molecule has 3 aromatic carbocycles. The molecule has 0 saturated heterocycles. The number of carbonyl (C=O) groups excluding carboxylic acids is 2. The van der Waals surface area contributed by atoms with Crippen molar-refractivity contribution in [3.8, 4) is 11.4 Å². The molecule has 0 saturated carbocycles. The summed E-state index contributed by atoms with van der Waals surface area (Å²) in [6, 6.07) is 18.9. The van der Waals surface area contributed by atoms with E-state index in [1.54, 1.807) is 59.2 Å². The number of halogens is 4. The molecule has 4 aromatic rings. The van der Waals surface area contributed by atoms with E-state index in [-0.39, 0.29) is 18.7 Å². The summed E-state index contributed by atoms with van der Waals surface area (Å²) in [5, 5.41) is 12.4. The molecule has 0 aliphatic carbocycles. The fourth-order valence-corrected chi connectivity index (χ4v) is 4.99. The predicted octanol–water partition coefficient (Wildman–Crippen LogP) is 7.23. The number of alkyl halides is 3. The van der Waals surface area contributed by atoms with Gasteiger partial charge >= 0.3 is 12.3 Å². The molecular weight excluding hydrogens is 573 g/mol. The lowest BCUT2D eigenvalue weighted by molar-refractivity contribution is -0.274. The average Bonchev–Trinajstić information content (AvgIpc) is 3.30. The van der Waals surface area contributed by atoms with Gasteiger partial charge in [0, 0.05) is 40.2 Å². The number of nitrogens with zero attached hydrogens (tertiary/aromatic N) is 1. The smallest absolute Gasteiger partial charge is 0.481 e. The summed E-state index contributed by atoms with van der Waals surface area (Å²) in [5.41, 5.74) is 2.39. The van der Waals surface area contributed by atoms with Gasteiger partial charge in [-0.1, -0.05) is 43.1 Å². The zero-order valence-corrected chi connectivity index (χ0v) is 23.3. The molecule has 220 valence electrons. The second-order valence-electron chi connectivity index (χ2n) is 9.76. The van der Waals surface area contributed by atoms with Crippen molar-refractivity contribution in [3.63, 3.8) is 0 Å². The maximum Gasteiger partial charge on any atom is 0.573 e. The predicted molar refractivity (Wildman–Crippen MR) is 152 cm³/mol. The zero-order chi connectivity index (χ0) is 30.4. The van der Waals surface area contributed by atoms with Crippen LogP contribution in [0.5, 0.6) is 5.75 Å². The molecule has 1 heterocycles. The van der Waals surface area contributed by atoms with Crippen molar-refractivity contribution < 1.29 is 37.4 Å². The van der Waals surface area contributed by atoms with Crippen LogP contribution in [-0.2, 0) is 11.2 Å². The first-order valence-electron chi connectivity index (χ1n) is 13.3. The van der Waals surface area contributed by atoms with Crippen LogP contribution in [0.25, 0.3) is 16.6 Å². The van der Waals surface area contributed by atoms with Gasteiger partial charge in [-0.3, -0.25) is 14.4 Å². The largest absolute Gasteiger partial charge is 0.573 e. The minimum Gasteiger partial charge on any atom is -0.481 e. The van der Waals surface area contributed by atoms with Gasteiger partial charge in [0.25, 0.3) is 5.91 Å². The van der Waals surface area contributed by atoms with Gasteiger partial charge < -0.3 is 19.7 Å². The van der Waals surface area contributed by atoms with Crippen molar-refractivity contribution in [1.82, 2.24) is 9.88 Å². The quantitative estimate of drug-likeness (QED) is 0.167. The molecule has 1 atom stereocenters. The van der Waals surface area contributed by atoms with Gasteiger partial charge in [-0.25, -0.2) is 0 Å². The lowest BCUT2D eigenvalue weighted by atomic mass is 9.89. The lowest BCUT2D eigenvalue weighted by Crippen LogP contribution is -2.26. The SMILES string of the molecule is CCCC(Cc1ccc(C(=O)NCCC(=O)O)cc1)C(=O)c1cc2cc(Cl)ccc2n1-c1cccc(OC(F)(F)F)c1. The Labute approximate surface area is 244 Å². The van der Waals surface area contributed by atoms with Crippen molar-refractivity contribution in [2.75, 3.05) is 6.54 Å². The number of amides is 1. The van der Waals surface area contributed by atoms with Gasteiger partial charge in [-0.15, -0.1) is 13.2 Å². The van der Waals surface area contributed by atoms with E-state index in [1.807, 2.05) is 6.92 Å². The molecule has 1 unspecified atom stereocenters. The van der Waals surface area contributed by atoms with Gasteiger partial charge in [0.2, 0.25) is 0 Å². The number of benzene rings is 3. The van der Waals surface area contributed by atoms with Crippen molar-refractivity contribution in [2.24, 2.45) is 5.92 Å². The van der Waals surface area contributed by atoms with Crippen LogP contribution in [-0.4, -0.2) is 40.2 Å². The Kier molecular flexibility index (Phi) is 9.57. The maximum absolute atomic E-state index is 14.1. The van der Waals surface area contributed by atoms with E-state index in [0.29, 0.717) is 52.1 Å². The Bertz CT molecular complexity index is 1600. The van der Waals surface area contributed by atoms with Gasteiger partial charge in [0.15, 0.2) is 5.78 Å². The van der Waals surface area contributed by atoms with E-state index in [2.05, 4.69) is 10.1 Å². The Morgan fingerprint density at radius 2 is 1.76 bits per heavy atom. The Balaban J connectivity index is 1.65. The van der Waals surface area contributed by atoms with Crippen LogP contribution < -0.4 is 10.1 Å². The second kappa shape index (κ2) is 13.1. The van der Waals surface area contributed by atoms with E-state index in [9.17, 15) is 27.6 Å². The molecule has 11 heteroatoms. The minimum atomic E-state index is -4.87. The van der Waals surface area contributed by atoms with Crippen LogP contribution in [0.2, 0.25) is 5.02 Å². The van der Waals surface area contributed by atoms with Crippen LogP contribution in [0.4, 0.5) is 13.2 Å². The number of carbonyl (C=O) groups is 3. The Morgan fingerprint density at radius 1 is 1.02 bits per heavy atom. The molecule has 2 N–H and O–H groups in total. The first-order valence-corrected chi connectivity index (χ1v) is 13.6. The van der Waals surface area contributed by atoms with E-state index in [0.717, 1.165) is 5.56 Å². The van der Waals surface area contributed by atoms with Crippen molar-refractivity contribution >= 4 is 40.2 Å². The number of aliphatic carboxylic acids is 1. The molecule has 0 aliphatic rings. The lowest BCUT2D eigenvalue weighted by Gasteiger charge is -2.18. The van der Waals surface area contributed by atoms with Gasteiger partial charge in [0.1, 0.15) is 5.75 Å². The highest BCUT2D eigenvalue weighted by Crippen LogP contribution is 2.32. The van der Waals surface area contributed by atoms with E-state index in [1.165, 1.54) is 18.2 Å². The number of ether oxygens (including phenoxy) is 1. The first-order chi connectivity index (χ1) is 19.9. The van der Waals surface area contributed by atoms with E-state index < -0.39 is 29.9 Å². The number of hydrogen-bond acceptors (Lipinski definition) is 4. The molecule has 0 bridgehead atoms. The van der Waals surface area contributed by atoms with Gasteiger partial charge in [0.05, 0.1) is 17.6 Å². The summed E-state index contributed by atoms with van der Waals surface area (Å²) in [6.07, 6.45) is -3.43. The second-order valence-corrected chi connectivity index (χ2v) is 10.2. The summed E-state index contributed by atoms with van der Waals surface area (Å²) < 4.78 is 44.5.